The molecular formula is C45H44Cl3NO8SSi. The lowest BCUT2D eigenvalue weighted by molar-refractivity contribution is -0.172. The summed E-state index contributed by atoms with van der Waals surface area (Å²) in [6.07, 6.45) is -4.73. The fourth-order valence-electron chi connectivity index (χ4n) is 7.03. The Balaban J connectivity index is 1.49. The molecule has 1 aliphatic rings. The van der Waals surface area contributed by atoms with E-state index in [2.05, 4.69) is 50.4 Å². The molecule has 6 rings (SSSR count). The van der Waals surface area contributed by atoms with Gasteiger partial charge in [0, 0.05) is 4.90 Å². The molecule has 0 aliphatic carbocycles. The number of nitrogens with one attached hydrogen (secondary N) is 1. The van der Waals surface area contributed by atoms with Gasteiger partial charge in [0.25, 0.3) is 8.32 Å². The fraction of sp³-hybridized carbons (Fsp3) is 0.267. The Labute approximate surface area is 364 Å². The summed E-state index contributed by atoms with van der Waals surface area (Å²) in [5.41, 5.74) is -0.484. The summed E-state index contributed by atoms with van der Waals surface area (Å²) in [5, 5.41) is 4.41. The number of amides is 1. The summed E-state index contributed by atoms with van der Waals surface area (Å²) in [6.45, 7) is 5.76. The van der Waals surface area contributed by atoms with Gasteiger partial charge >= 0.3 is 18.0 Å². The van der Waals surface area contributed by atoms with Crippen molar-refractivity contribution in [2.24, 2.45) is 0 Å². The van der Waals surface area contributed by atoms with Gasteiger partial charge in [-0.1, -0.05) is 183 Å². The van der Waals surface area contributed by atoms with Crippen LogP contribution in [-0.4, -0.2) is 73.1 Å². The molecule has 0 aromatic heterocycles. The first-order valence-corrected chi connectivity index (χ1v) is 22.8. The van der Waals surface area contributed by atoms with Crippen LogP contribution in [-0.2, 0) is 23.4 Å². The first-order valence-electron chi connectivity index (χ1n) is 18.9. The standard InChI is InChI=1S/C45H44Cl3NO8SSi/c1-44(2,3)59(34-25-15-7-16-26-34,35-27-17-8-18-28-35)54-29-36-38(56-40(50)31-19-9-4-10-20-31)39(57-41(51)32-21-11-5-12-22-32)37(49-43(52)53-30-45(46,47)48)42(55-36)58-33-23-13-6-14-24-33/h4-28,36-39,42H,29-30H2,1-3H3,(H,49,52)/t36-,37-,38-,39-,42+/m1/s1. The number of benzene rings is 5. The van der Waals surface area contributed by atoms with Crippen LogP contribution >= 0.6 is 46.6 Å². The van der Waals surface area contributed by atoms with E-state index in [1.54, 1.807) is 60.7 Å². The predicted octanol–water partition coefficient (Wildman–Crippen LogP) is 9.00. The SMILES string of the molecule is CC(C)(C)[Si](OC[C@H]1O[C@@H](Sc2ccccc2)[C@H](NC(=O)OCC(Cl)(Cl)Cl)[C@@H](OC(=O)c2ccccc2)[C@@H]1OC(=O)c1ccccc1)(c1ccccc1)c1ccccc1. The highest BCUT2D eigenvalue weighted by molar-refractivity contribution is 7.99. The summed E-state index contributed by atoms with van der Waals surface area (Å²) in [5.74, 6) is -1.43. The average molecular weight is 893 g/mol. The van der Waals surface area contributed by atoms with Gasteiger partial charge in [0.2, 0.25) is 3.79 Å². The highest BCUT2D eigenvalue weighted by atomic mass is 35.6. The Morgan fingerprint density at radius 2 is 1.10 bits per heavy atom. The molecule has 1 amide bonds. The van der Waals surface area contributed by atoms with E-state index in [1.165, 1.54) is 11.8 Å². The summed E-state index contributed by atoms with van der Waals surface area (Å²) in [6, 6.07) is 45.1. The first-order chi connectivity index (χ1) is 28.2. The van der Waals surface area contributed by atoms with E-state index in [0.29, 0.717) is 0 Å². The smallest absolute Gasteiger partial charge is 0.407 e. The minimum Gasteiger partial charge on any atom is -0.452 e. The molecule has 59 heavy (non-hydrogen) atoms. The van der Waals surface area contributed by atoms with Crippen molar-refractivity contribution >= 4 is 83.3 Å². The third-order valence-corrected chi connectivity index (χ3v) is 16.2. The number of esters is 2. The van der Waals surface area contributed by atoms with E-state index in [1.807, 2.05) is 66.7 Å². The van der Waals surface area contributed by atoms with Gasteiger partial charge in [-0.25, -0.2) is 14.4 Å². The van der Waals surface area contributed by atoms with E-state index in [0.717, 1.165) is 15.3 Å². The minimum atomic E-state index is -3.20. The fourth-order valence-corrected chi connectivity index (χ4v) is 12.9. The predicted molar refractivity (Wildman–Crippen MR) is 234 cm³/mol. The molecule has 5 aromatic rings. The molecule has 1 fully saturated rings. The van der Waals surface area contributed by atoms with Gasteiger partial charge < -0.3 is 28.7 Å². The van der Waals surface area contributed by atoms with Crippen LogP contribution in [0.25, 0.3) is 0 Å². The molecule has 9 nitrogen and oxygen atoms in total. The zero-order valence-corrected chi connectivity index (χ0v) is 36.6. The molecule has 1 aliphatic heterocycles. The second-order valence-electron chi connectivity index (χ2n) is 14.8. The third kappa shape index (κ3) is 11.3. The molecule has 1 heterocycles. The van der Waals surface area contributed by atoms with E-state index in [-0.39, 0.29) is 17.7 Å². The Morgan fingerprint density at radius 3 is 1.56 bits per heavy atom. The van der Waals surface area contributed by atoms with Gasteiger partial charge in [-0.2, -0.15) is 0 Å². The van der Waals surface area contributed by atoms with Crippen LogP contribution in [0.3, 0.4) is 0 Å². The van der Waals surface area contributed by atoms with Crippen molar-refractivity contribution in [3.63, 3.8) is 0 Å². The summed E-state index contributed by atoms with van der Waals surface area (Å²) in [7, 11) is -3.20. The Morgan fingerprint density at radius 1 is 0.661 bits per heavy atom. The van der Waals surface area contributed by atoms with Crippen molar-refractivity contribution in [1.29, 1.82) is 0 Å². The molecule has 0 saturated carbocycles. The van der Waals surface area contributed by atoms with Crippen LogP contribution in [0.2, 0.25) is 5.04 Å². The Hall–Kier alpha value is -4.33. The molecule has 0 spiro atoms. The summed E-state index contributed by atoms with van der Waals surface area (Å²) >= 11 is 19.1. The number of thioether (sulfide) groups is 1. The van der Waals surface area contributed by atoms with Crippen molar-refractivity contribution in [3.8, 4) is 0 Å². The zero-order valence-electron chi connectivity index (χ0n) is 32.5. The van der Waals surface area contributed by atoms with Crippen molar-refractivity contribution in [1.82, 2.24) is 5.32 Å². The highest BCUT2D eigenvalue weighted by Gasteiger charge is 2.55. The number of rotatable bonds is 13. The molecular weight excluding hydrogens is 849 g/mol. The maximum Gasteiger partial charge on any atom is 0.407 e. The van der Waals surface area contributed by atoms with Gasteiger partial charge in [-0.05, 0) is 51.8 Å². The number of alkyl carbamates (subject to hydrolysis) is 1. The second kappa shape index (κ2) is 19.8. The molecule has 308 valence electrons. The van der Waals surface area contributed by atoms with Crippen LogP contribution in [0.5, 0.6) is 0 Å². The monoisotopic (exact) mass is 891 g/mol. The quantitative estimate of drug-likeness (QED) is 0.0537. The lowest BCUT2D eigenvalue weighted by Crippen LogP contribution is -2.69. The van der Waals surface area contributed by atoms with E-state index in [4.69, 9.17) is 58.2 Å². The third-order valence-electron chi connectivity index (χ3n) is 9.68. The number of hydrogen-bond acceptors (Lipinski definition) is 9. The zero-order chi connectivity index (χ0) is 42.0. The lowest BCUT2D eigenvalue weighted by Gasteiger charge is -2.48. The van der Waals surface area contributed by atoms with Gasteiger partial charge in [-0.15, -0.1) is 0 Å². The van der Waals surface area contributed by atoms with Gasteiger partial charge in [-0.3, -0.25) is 0 Å². The largest absolute Gasteiger partial charge is 0.452 e. The van der Waals surface area contributed by atoms with Crippen LogP contribution < -0.4 is 15.7 Å². The molecule has 0 unspecified atom stereocenters. The van der Waals surface area contributed by atoms with E-state index < -0.39 is 71.6 Å². The van der Waals surface area contributed by atoms with E-state index in [9.17, 15) is 14.4 Å². The molecule has 5 atom stereocenters. The molecule has 14 heteroatoms. The van der Waals surface area contributed by atoms with Crippen molar-refractivity contribution in [3.05, 3.63) is 163 Å². The summed E-state index contributed by atoms with van der Waals surface area (Å²) in [4.78, 5) is 42.4. The number of carbonyl (C=O) groups is 3. The normalized spacial score (nSPS) is 19.6. The van der Waals surface area contributed by atoms with Gasteiger partial charge in [0.05, 0.1) is 17.7 Å². The highest BCUT2D eigenvalue weighted by Crippen LogP contribution is 2.40. The lowest BCUT2D eigenvalue weighted by atomic mass is 9.97. The maximum absolute atomic E-state index is 14.1. The number of alkyl halides is 3. The van der Waals surface area contributed by atoms with Crippen LogP contribution in [0, 0.1) is 0 Å². The number of ether oxygens (including phenoxy) is 4. The van der Waals surface area contributed by atoms with Crippen molar-refractivity contribution in [2.45, 2.75) is 64.3 Å². The minimum absolute atomic E-state index is 0.102. The van der Waals surface area contributed by atoms with Crippen LogP contribution in [0.4, 0.5) is 4.79 Å². The summed E-state index contributed by atoms with van der Waals surface area (Å²) < 4.78 is 30.4. The second-order valence-corrected chi connectivity index (χ2v) is 22.8. The van der Waals surface area contributed by atoms with Gasteiger partial charge in [0.15, 0.2) is 12.2 Å². The molecule has 1 N–H and O–H groups in total. The van der Waals surface area contributed by atoms with E-state index >= 15 is 0 Å². The van der Waals surface area contributed by atoms with Crippen molar-refractivity contribution in [2.75, 3.05) is 13.2 Å². The number of carbonyl (C=O) groups excluding carboxylic acids is 3. The Bertz CT molecular complexity index is 2090. The first kappa shape index (κ1) is 44.2. The topological polar surface area (TPSA) is 109 Å². The molecule has 1 saturated heterocycles. The average Bonchev–Trinajstić information content (AvgIpc) is 3.23. The maximum atomic E-state index is 14.1. The number of hydrogen-bond donors (Lipinski definition) is 1. The molecule has 5 aromatic carbocycles. The Kier molecular flexibility index (Phi) is 14.9. The molecule has 0 bridgehead atoms. The number of halogens is 3. The molecule has 0 radical (unpaired) electrons. The van der Waals surface area contributed by atoms with Crippen LogP contribution in [0.15, 0.2) is 157 Å². The van der Waals surface area contributed by atoms with Gasteiger partial charge in [0.1, 0.15) is 24.2 Å². The van der Waals surface area contributed by atoms with Crippen LogP contribution in [0.1, 0.15) is 41.5 Å². The van der Waals surface area contributed by atoms with Crippen molar-refractivity contribution < 1.29 is 37.8 Å².